The molecule has 1 aliphatic heterocycles. The van der Waals surface area contributed by atoms with E-state index in [4.69, 9.17) is 11.6 Å². The van der Waals surface area contributed by atoms with Gasteiger partial charge in [0.25, 0.3) is 0 Å². The van der Waals surface area contributed by atoms with Crippen LogP contribution in [0.15, 0.2) is 29.8 Å². The number of thioether (sulfide) groups is 1. The first-order chi connectivity index (χ1) is 12.6. The summed E-state index contributed by atoms with van der Waals surface area (Å²) < 4.78 is 0. The highest BCUT2D eigenvalue weighted by Gasteiger charge is 2.15. The third-order valence-electron chi connectivity index (χ3n) is 3.84. The Morgan fingerprint density at radius 3 is 2.54 bits per heavy atom. The lowest BCUT2D eigenvalue weighted by Crippen LogP contribution is -2.32. The molecule has 1 aliphatic rings. The second-order valence-corrected chi connectivity index (χ2v) is 8.23. The Morgan fingerprint density at radius 2 is 1.88 bits per heavy atom. The number of amides is 2. The minimum Gasteiger partial charge on any atom is -0.369 e. The summed E-state index contributed by atoms with van der Waals surface area (Å²) in [5.41, 5.74) is 1.63. The minimum absolute atomic E-state index is 0.0971. The third kappa shape index (κ3) is 5.36. The summed E-state index contributed by atoms with van der Waals surface area (Å²) in [5, 5.41) is 8.38. The molecule has 26 heavy (non-hydrogen) atoms. The highest BCUT2D eigenvalue weighted by molar-refractivity contribution is 7.99. The molecule has 1 aromatic carbocycles. The van der Waals surface area contributed by atoms with E-state index in [1.54, 1.807) is 17.6 Å². The van der Waals surface area contributed by atoms with E-state index in [0.29, 0.717) is 15.8 Å². The van der Waals surface area contributed by atoms with Crippen molar-refractivity contribution in [3.05, 3.63) is 34.8 Å². The van der Waals surface area contributed by atoms with Crippen LogP contribution in [0.4, 0.5) is 16.5 Å². The SMILES string of the molecule is O=C(CCC(=O)Nc1nccs1)Nc1ccc(N2CCSCC2)c(Cl)c1. The summed E-state index contributed by atoms with van der Waals surface area (Å²) >= 11 is 9.66. The number of carbonyl (C=O) groups excluding carboxylic acids is 2. The van der Waals surface area contributed by atoms with Gasteiger partial charge in [0, 0.05) is 54.7 Å². The molecule has 0 bridgehead atoms. The molecule has 0 atom stereocenters. The van der Waals surface area contributed by atoms with E-state index in [0.717, 1.165) is 30.3 Å². The lowest BCUT2D eigenvalue weighted by molar-refractivity contribution is -0.121. The number of nitrogens with zero attached hydrogens (tertiary/aromatic N) is 2. The first kappa shape index (κ1) is 19.0. The Kier molecular flexibility index (Phi) is 6.76. The van der Waals surface area contributed by atoms with Gasteiger partial charge < -0.3 is 15.5 Å². The highest BCUT2D eigenvalue weighted by Crippen LogP contribution is 2.30. The first-order valence-electron chi connectivity index (χ1n) is 8.23. The molecule has 0 unspecified atom stereocenters. The lowest BCUT2D eigenvalue weighted by Gasteiger charge is -2.29. The first-order valence-corrected chi connectivity index (χ1v) is 10.6. The van der Waals surface area contributed by atoms with Crippen LogP contribution in [0.2, 0.25) is 5.02 Å². The Morgan fingerprint density at radius 1 is 1.15 bits per heavy atom. The fourth-order valence-electron chi connectivity index (χ4n) is 2.56. The summed E-state index contributed by atoms with van der Waals surface area (Å²) in [7, 11) is 0. The molecule has 6 nitrogen and oxygen atoms in total. The van der Waals surface area contributed by atoms with Gasteiger partial charge in [-0.1, -0.05) is 11.6 Å². The van der Waals surface area contributed by atoms with Gasteiger partial charge in [0.2, 0.25) is 11.8 Å². The zero-order chi connectivity index (χ0) is 18.4. The van der Waals surface area contributed by atoms with Crippen molar-refractivity contribution in [3.8, 4) is 0 Å². The van der Waals surface area contributed by atoms with E-state index in [1.807, 2.05) is 23.9 Å². The Hall–Kier alpha value is -1.77. The predicted octanol–water partition coefficient (Wildman–Crippen LogP) is 3.71. The van der Waals surface area contributed by atoms with Crippen LogP contribution in [0, 0.1) is 0 Å². The molecule has 9 heteroatoms. The number of rotatable bonds is 6. The van der Waals surface area contributed by atoms with Gasteiger partial charge in [-0.25, -0.2) is 4.98 Å². The quantitative estimate of drug-likeness (QED) is 0.759. The average Bonchev–Trinajstić information content (AvgIpc) is 3.14. The molecule has 1 aromatic heterocycles. The smallest absolute Gasteiger partial charge is 0.226 e. The maximum Gasteiger partial charge on any atom is 0.226 e. The van der Waals surface area contributed by atoms with E-state index < -0.39 is 0 Å². The number of hydrogen-bond acceptors (Lipinski definition) is 6. The molecular formula is C17H19ClN4O2S2. The zero-order valence-electron chi connectivity index (χ0n) is 14.0. The fourth-order valence-corrected chi connectivity index (χ4v) is 4.31. The largest absolute Gasteiger partial charge is 0.369 e. The van der Waals surface area contributed by atoms with Gasteiger partial charge in [-0.2, -0.15) is 11.8 Å². The highest BCUT2D eigenvalue weighted by atomic mass is 35.5. The van der Waals surface area contributed by atoms with Crippen LogP contribution < -0.4 is 15.5 Å². The molecule has 0 aliphatic carbocycles. The number of anilines is 3. The number of hydrogen-bond donors (Lipinski definition) is 2. The normalized spacial score (nSPS) is 14.1. The molecule has 0 saturated carbocycles. The van der Waals surface area contributed by atoms with Crippen molar-refractivity contribution >= 4 is 63.0 Å². The van der Waals surface area contributed by atoms with Gasteiger partial charge in [-0.05, 0) is 18.2 Å². The van der Waals surface area contributed by atoms with Crippen molar-refractivity contribution in [3.63, 3.8) is 0 Å². The summed E-state index contributed by atoms with van der Waals surface area (Å²) in [5.74, 6) is 1.74. The van der Waals surface area contributed by atoms with Crippen LogP contribution >= 0.6 is 34.7 Å². The van der Waals surface area contributed by atoms with Crippen LogP contribution in [0.3, 0.4) is 0 Å². The second-order valence-electron chi connectivity index (χ2n) is 5.70. The summed E-state index contributed by atoms with van der Waals surface area (Å²) in [6, 6.07) is 5.53. The number of benzene rings is 1. The molecule has 138 valence electrons. The number of halogens is 1. The molecule has 1 saturated heterocycles. The molecule has 0 radical (unpaired) electrons. The standard InChI is InChI=1S/C17H19ClN4O2S2/c18-13-11-12(1-2-14(13)22-6-9-25-10-7-22)20-15(23)3-4-16(24)21-17-19-5-8-26-17/h1-2,5,8,11H,3-4,6-7,9-10H2,(H,20,23)(H,19,21,24). The van der Waals surface area contributed by atoms with Gasteiger partial charge in [0.05, 0.1) is 10.7 Å². The van der Waals surface area contributed by atoms with E-state index in [-0.39, 0.29) is 24.7 Å². The van der Waals surface area contributed by atoms with Gasteiger partial charge in [-0.15, -0.1) is 11.3 Å². The number of carbonyl (C=O) groups is 2. The van der Waals surface area contributed by atoms with Crippen molar-refractivity contribution < 1.29 is 9.59 Å². The molecule has 0 spiro atoms. The van der Waals surface area contributed by atoms with E-state index >= 15 is 0 Å². The molecule has 2 aromatic rings. The van der Waals surface area contributed by atoms with Gasteiger partial charge in [0.1, 0.15) is 0 Å². The summed E-state index contributed by atoms with van der Waals surface area (Å²) in [6.45, 7) is 1.95. The summed E-state index contributed by atoms with van der Waals surface area (Å²) in [4.78, 5) is 30.1. The molecule has 2 N–H and O–H groups in total. The Balaban J connectivity index is 1.49. The fraction of sp³-hybridized carbons (Fsp3) is 0.353. The van der Waals surface area contributed by atoms with E-state index in [9.17, 15) is 9.59 Å². The van der Waals surface area contributed by atoms with Crippen LogP contribution in [-0.2, 0) is 9.59 Å². The molecule has 1 fully saturated rings. The summed E-state index contributed by atoms with van der Waals surface area (Å²) in [6.07, 6.45) is 1.81. The third-order valence-corrected chi connectivity index (χ3v) is 5.77. The van der Waals surface area contributed by atoms with Gasteiger partial charge >= 0.3 is 0 Å². The number of aromatic nitrogens is 1. The van der Waals surface area contributed by atoms with Gasteiger partial charge in [0.15, 0.2) is 5.13 Å². The van der Waals surface area contributed by atoms with Crippen LogP contribution in [0.25, 0.3) is 0 Å². The second kappa shape index (κ2) is 9.25. The van der Waals surface area contributed by atoms with Crippen LogP contribution in [-0.4, -0.2) is 41.4 Å². The van der Waals surface area contributed by atoms with Crippen molar-refractivity contribution in [2.24, 2.45) is 0 Å². The van der Waals surface area contributed by atoms with Crippen LogP contribution in [0.1, 0.15) is 12.8 Å². The van der Waals surface area contributed by atoms with Crippen molar-refractivity contribution in [1.82, 2.24) is 4.98 Å². The minimum atomic E-state index is -0.230. The molecular weight excluding hydrogens is 392 g/mol. The average molecular weight is 411 g/mol. The Bertz CT molecular complexity index is 764. The number of thiazole rings is 1. The topological polar surface area (TPSA) is 74.3 Å². The van der Waals surface area contributed by atoms with Crippen molar-refractivity contribution in [2.75, 3.05) is 40.1 Å². The van der Waals surface area contributed by atoms with E-state index in [2.05, 4.69) is 20.5 Å². The Labute approximate surface area is 165 Å². The molecule has 2 heterocycles. The molecule has 2 amide bonds. The van der Waals surface area contributed by atoms with Gasteiger partial charge in [-0.3, -0.25) is 9.59 Å². The van der Waals surface area contributed by atoms with E-state index in [1.165, 1.54) is 11.3 Å². The lowest BCUT2D eigenvalue weighted by atomic mass is 10.2. The maximum absolute atomic E-state index is 12.1. The number of nitrogens with one attached hydrogen (secondary N) is 2. The maximum atomic E-state index is 12.1. The van der Waals surface area contributed by atoms with Crippen molar-refractivity contribution in [2.45, 2.75) is 12.8 Å². The van der Waals surface area contributed by atoms with Crippen LogP contribution in [0.5, 0.6) is 0 Å². The monoisotopic (exact) mass is 410 g/mol. The zero-order valence-corrected chi connectivity index (χ0v) is 16.4. The molecule has 3 rings (SSSR count). The predicted molar refractivity (Wildman–Crippen MR) is 110 cm³/mol. The van der Waals surface area contributed by atoms with Crippen molar-refractivity contribution in [1.29, 1.82) is 0 Å².